The van der Waals surface area contributed by atoms with Gasteiger partial charge < -0.3 is 5.32 Å². The van der Waals surface area contributed by atoms with Gasteiger partial charge in [0.1, 0.15) is 10.6 Å². The van der Waals surface area contributed by atoms with Crippen molar-refractivity contribution in [3.05, 3.63) is 16.7 Å². The van der Waals surface area contributed by atoms with Crippen LogP contribution in [0, 0.1) is 11.8 Å². The second-order valence-corrected chi connectivity index (χ2v) is 6.73. The van der Waals surface area contributed by atoms with Gasteiger partial charge in [-0.2, -0.15) is 0 Å². The first kappa shape index (κ1) is 13.1. The van der Waals surface area contributed by atoms with E-state index in [0.29, 0.717) is 5.28 Å². The molecule has 102 valence electrons. The highest BCUT2D eigenvalue weighted by molar-refractivity contribution is 7.16. The van der Waals surface area contributed by atoms with Gasteiger partial charge in [-0.05, 0) is 47.7 Å². The van der Waals surface area contributed by atoms with Crippen LogP contribution in [0.15, 0.2) is 11.4 Å². The van der Waals surface area contributed by atoms with E-state index in [0.717, 1.165) is 34.4 Å². The molecular weight excluding hydrogens is 278 g/mol. The number of aromatic nitrogens is 2. The summed E-state index contributed by atoms with van der Waals surface area (Å²) in [6.45, 7) is 3.34. The number of nitrogens with zero attached hydrogens (tertiary/aromatic N) is 2. The lowest BCUT2D eigenvalue weighted by Crippen LogP contribution is -2.21. The highest BCUT2D eigenvalue weighted by Crippen LogP contribution is 2.30. The summed E-state index contributed by atoms with van der Waals surface area (Å²) in [5.41, 5.74) is 0. The molecule has 3 nitrogen and oxygen atoms in total. The summed E-state index contributed by atoms with van der Waals surface area (Å²) < 4.78 is 0. The van der Waals surface area contributed by atoms with Gasteiger partial charge in [-0.3, -0.25) is 0 Å². The van der Waals surface area contributed by atoms with Crippen LogP contribution in [0.1, 0.15) is 32.6 Å². The predicted molar refractivity (Wildman–Crippen MR) is 82.0 cm³/mol. The normalized spacial score (nSPS) is 23.7. The van der Waals surface area contributed by atoms with E-state index in [2.05, 4.69) is 28.3 Å². The maximum Gasteiger partial charge on any atom is 0.225 e. The summed E-state index contributed by atoms with van der Waals surface area (Å²) in [5.74, 6) is 2.50. The minimum absolute atomic E-state index is 0.328. The van der Waals surface area contributed by atoms with E-state index < -0.39 is 0 Å². The molecule has 1 aliphatic rings. The van der Waals surface area contributed by atoms with Crippen molar-refractivity contribution in [1.82, 2.24) is 9.97 Å². The summed E-state index contributed by atoms with van der Waals surface area (Å²) >= 11 is 7.57. The first-order chi connectivity index (χ1) is 9.22. The summed E-state index contributed by atoms with van der Waals surface area (Å²) in [6.07, 6.45) is 5.37. The maximum absolute atomic E-state index is 5.97. The highest BCUT2D eigenvalue weighted by Gasteiger charge is 2.19. The average molecular weight is 296 g/mol. The molecule has 0 amide bonds. The molecule has 1 fully saturated rings. The molecule has 1 N–H and O–H groups in total. The summed E-state index contributed by atoms with van der Waals surface area (Å²) in [4.78, 5) is 9.52. The van der Waals surface area contributed by atoms with Crippen molar-refractivity contribution in [2.75, 3.05) is 11.9 Å². The molecule has 2 aromatic heterocycles. The van der Waals surface area contributed by atoms with Crippen LogP contribution in [0.3, 0.4) is 0 Å². The third kappa shape index (κ3) is 3.00. The van der Waals surface area contributed by atoms with Crippen LogP contribution in [0.25, 0.3) is 10.2 Å². The van der Waals surface area contributed by atoms with Crippen LogP contribution < -0.4 is 5.32 Å². The molecule has 2 heterocycles. The average Bonchev–Trinajstić information content (AvgIpc) is 2.84. The first-order valence-electron chi connectivity index (χ1n) is 6.87. The lowest BCUT2D eigenvalue weighted by atomic mass is 9.82. The van der Waals surface area contributed by atoms with Gasteiger partial charge in [0.05, 0.1) is 5.39 Å². The number of halogens is 1. The third-order valence-electron chi connectivity index (χ3n) is 3.90. The van der Waals surface area contributed by atoms with Crippen molar-refractivity contribution in [2.24, 2.45) is 11.8 Å². The van der Waals surface area contributed by atoms with E-state index in [1.54, 1.807) is 11.3 Å². The lowest BCUT2D eigenvalue weighted by Gasteiger charge is -2.27. The molecule has 5 heteroatoms. The lowest BCUT2D eigenvalue weighted by molar-refractivity contribution is 0.293. The van der Waals surface area contributed by atoms with Crippen molar-refractivity contribution in [3.8, 4) is 0 Å². The quantitative estimate of drug-likeness (QED) is 0.842. The fourth-order valence-electron chi connectivity index (χ4n) is 2.95. The zero-order valence-corrected chi connectivity index (χ0v) is 12.6. The van der Waals surface area contributed by atoms with Gasteiger partial charge in [0.25, 0.3) is 0 Å². The van der Waals surface area contributed by atoms with Crippen molar-refractivity contribution >= 4 is 39.0 Å². The number of nitrogens with one attached hydrogen (secondary N) is 1. The SMILES string of the molecule is CC1CCCC(CNc2nc(Cl)nc3sccc23)C1. The van der Waals surface area contributed by atoms with Crippen LogP contribution in [0.4, 0.5) is 5.82 Å². The smallest absolute Gasteiger partial charge is 0.225 e. The molecule has 0 saturated heterocycles. The summed E-state index contributed by atoms with van der Waals surface area (Å²) in [5, 5.41) is 6.92. The Hall–Kier alpha value is -0.870. The van der Waals surface area contributed by atoms with Gasteiger partial charge in [0.15, 0.2) is 0 Å². The van der Waals surface area contributed by atoms with Gasteiger partial charge in [0, 0.05) is 6.54 Å². The molecule has 2 unspecified atom stereocenters. The fourth-order valence-corrected chi connectivity index (χ4v) is 3.93. The fraction of sp³-hybridized carbons (Fsp3) is 0.571. The number of fused-ring (bicyclic) bond motifs is 1. The Bertz CT molecular complexity index is 569. The molecule has 2 atom stereocenters. The Kier molecular flexibility index (Phi) is 3.89. The Balaban J connectivity index is 1.72. The monoisotopic (exact) mass is 295 g/mol. The zero-order valence-electron chi connectivity index (χ0n) is 11.0. The van der Waals surface area contributed by atoms with E-state index in [1.807, 2.05) is 5.38 Å². The molecule has 0 radical (unpaired) electrons. The minimum atomic E-state index is 0.328. The van der Waals surface area contributed by atoms with Crippen LogP contribution in [0.2, 0.25) is 5.28 Å². The van der Waals surface area contributed by atoms with Crippen LogP contribution in [-0.2, 0) is 0 Å². The first-order valence-corrected chi connectivity index (χ1v) is 8.13. The van der Waals surface area contributed by atoms with Gasteiger partial charge in [0.2, 0.25) is 5.28 Å². The number of hydrogen-bond donors (Lipinski definition) is 1. The number of anilines is 1. The third-order valence-corrected chi connectivity index (χ3v) is 4.88. The Morgan fingerprint density at radius 2 is 2.32 bits per heavy atom. The molecule has 0 aliphatic heterocycles. The molecular formula is C14H18ClN3S. The van der Waals surface area contributed by atoms with Crippen LogP contribution >= 0.6 is 22.9 Å². The molecule has 0 bridgehead atoms. The molecule has 2 aromatic rings. The Labute approximate surface area is 122 Å². The standard InChI is InChI=1S/C14H18ClN3S/c1-9-3-2-4-10(7-9)8-16-12-11-5-6-19-13(11)18-14(15)17-12/h5-6,9-10H,2-4,7-8H2,1H3,(H,16,17,18). The Morgan fingerprint density at radius 3 is 3.16 bits per heavy atom. The second-order valence-electron chi connectivity index (χ2n) is 5.50. The van der Waals surface area contributed by atoms with Crippen molar-refractivity contribution in [1.29, 1.82) is 0 Å². The van der Waals surface area contributed by atoms with E-state index in [1.165, 1.54) is 25.7 Å². The summed E-state index contributed by atoms with van der Waals surface area (Å²) in [6, 6.07) is 2.06. The van der Waals surface area contributed by atoms with E-state index in [9.17, 15) is 0 Å². The van der Waals surface area contributed by atoms with E-state index >= 15 is 0 Å². The summed E-state index contributed by atoms with van der Waals surface area (Å²) in [7, 11) is 0. The molecule has 1 saturated carbocycles. The van der Waals surface area contributed by atoms with Crippen molar-refractivity contribution < 1.29 is 0 Å². The predicted octanol–water partition coefficient (Wildman–Crippen LogP) is 4.58. The molecule has 19 heavy (non-hydrogen) atoms. The number of rotatable bonds is 3. The molecule has 0 spiro atoms. The number of thiophene rings is 1. The topological polar surface area (TPSA) is 37.8 Å². The van der Waals surface area contributed by atoms with Crippen LogP contribution in [0.5, 0.6) is 0 Å². The van der Waals surface area contributed by atoms with Crippen molar-refractivity contribution in [2.45, 2.75) is 32.6 Å². The number of hydrogen-bond acceptors (Lipinski definition) is 4. The maximum atomic E-state index is 5.97. The minimum Gasteiger partial charge on any atom is -0.369 e. The molecule has 1 aliphatic carbocycles. The Morgan fingerprint density at radius 1 is 1.42 bits per heavy atom. The van der Waals surface area contributed by atoms with Gasteiger partial charge in [-0.25, -0.2) is 9.97 Å². The van der Waals surface area contributed by atoms with Gasteiger partial charge in [-0.15, -0.1) is 11.3 Å². The molecule has 3 rings (SSSR count). The van der Waals surface area contributed by atoms with Crippen LogP contribution in [-0.4, -0.2) is 16.5 Å². The second kappa shape index (κ2) is 5.63. The zero-order chi connectivity index (χ0) is 13.2. The van der Waals surface area contributed by atoms with Gasteiger partial charge >= 0.3 is 0 Å². The van der Waals surface area contributed by atoms with Gasteiger partial charge in [-0.1, -0.05) is 19.8 Å². The van der Waals surface area contributed by atoms with E-state index in [4.69, 9.17) is 11.6 Å². The van der Waals surface area contributed by atoms with Crippen molar-refractivity contribution in [3.63, 3.8) is 0 Å². The highest BCUT2D eigenvalue weighted by atomic mass is 35.5. The molecule has 0 aromatic carbocycles. The largest absolute Gasteiger partial charge is 0.369 e. The van der Waals surface area contributed by atoms with E-state index in [-0.39, 0.29) is 0 Å².